The summed E-state index contributed by atoms with van der Waals surface area (Å²) >= 11 is 0. The molecule has 0 spiro atoms. The van der Waals surface area contributed by atoms with Crippen molar-refractivity contribution >= 4 is 27.5 Å². The van der Waals surface area contributed by atoms with Gasteiger partial charge in [0.2, 0.25) is 11.8 Å². The molecular formula is C36H38FN3O5S. The van der Waals surface area contributed by atoms with Crippen molar-refractivity contribution in [2.75, 3.05) is 18.0 Å². The number of hydrogen-bond acceptors (Lipinski definition) is 5. The third kappa shape index (κ3) is 7.92. The zero-order chi connectivity index (χ0) is 32.5. The SMILES string of the molecule is COc1cccc(CN(C(=O)CN(c2ccccc2F)S(=O)(=O)c2ccccc2)[C@@H](Cc2ccccc2)C(=O)NC2CCCC2)c1. The van der Waals surface area contributed by atoms with Crippen LogP contribution in [0, 0.1) is 5.82 Å². The van der Waals surface area contributed by atoms with Crippen LogP contribution in [0.15, 0.2) is 114 Å². The van der Waals surface area contributed by atoms with Crippen molar-refractivity contribution < 1.29 is 27.1 Å². The van der Waals surface area contributed by atoms with Crippen molar-refractivity contribution in [3.8, 4) is 5.75 Å². The lowest BCUT2D eigenvalue weighted by molar-refractivity contribution is -0.140. The first-order valence-corrected chi connectivity index (χ1v) is 16.8. The van der Waals surface area contributed by atoms with E-state index >= 15 is 4.39 Å². The van der Waals surface area contributed by atoms with Crippen molar-refractivity contribution in [1.29, 1.82) is 0 Å². The molecule has 4 aromatic rings. The van der Waals surface area contributed by atoms with Crippen molar-refractivity contribution in [3.05, 3.63) is 126 Å². The summed E-state index contributed by atoms with van der Waals surface area (Å²) in [5, 5.41) is 3.14. The highest BCUT2D eigenvalue weighted by Crippen LogP contribution is 2.28. The number of rotatable bonds is 13. The summed E-state index contributed by atoms with van der Waals surface area (Å²) in [5.74, 6) is -1.21. The molecule has 0 aromatic heterocycles. The molecule has 2 amide bonds. The van der Waals surface area contributed by atoms with Crippen LogP contribution in [-0.4, -0.2) is 50.9 Å². The smallest absolute Gasteiger partial charge is 0.264 e. The number of ether oxygens (including phenoxy) is 1. The van der Waals surface area contributed by atoms with E-state index in [4.69, 9.17) is 4.74 Å². The maximum absolute atomic E-state index is 15.3. The number of halogens is 1. The molecule has 1 fully saturated rings. The van der Waals surface area contributed by atoms with Gasteiger partial charge in [-0.3, -0.25) is 13.9 Å². The Morgan fingerprint density at radius 3 is 2.17 bits per heavy atom. The predicted molar refractivity (Wildman–Crippen MR) is 175 cm³/mol. The zero-order valence-electron chi connectivity index (χ0n) is 25.7. The Labute approximate surface area is 269 Å². The predicted octanol–water partition coefficient (Wildman–Crippen LogP) is 5.73. The summed E-state index contributed by atoms with van der Waals surface area (Å²) in [5.41, 5.74) is 1.25. The monoisotopic (exact) mass is 643 g/mol. The number of benzene rings is 4. The van der Waals surface area contributed by atoms with Crippen LogP contribution in [0.5, 0.6) is 5.75 Å². The average molecular weight is 644 g/mol. The maximum Gasteiger partial charge on any atom is 0.264 e. The minimum atomic E-state index is -4.39. The van der Waals surface area contributed by atoms with Gasteiger partial charge in [0, 0.05) is 19.0 Å². The van der Waals surface area contributed by atoms with Crippen molar-refractivity contribution in [3.63, 3.8) is 0 Å². The van der Waals surface area contributed by atoms with Crippen LogP contribution in [0.3, 0.4) is 0 Å². The van der Waals surface area contributed by atoms with Crippen LogP contribution in [0.1, 0.15) is 36.8 Å². The largest absolute Gasteiger partial charge is 0.497 e. The number of methoxy groups -OCH3 is 1. The van der Waals surface area contributed by atoms with Crippen molar-refractivity contribution in [2.45, 2.75) is 55.6 Å². The first-order valence-electron chi connectivity index (χ1n) is 15.4. The van der Waals surface area contributed by atoms with Crippen molar-refractivity contribution in [2.24, 2.45) is 0 Å². The lowest BCUT2D eigenvalue weighted by Crippen LogP contribution is -2.54. The van der Waals surface area contributed by atoms with E-state index in [1.54, 1.807) is 36.4 Å². The molecule has 1 atom stereocenters. The maximum atomic E-state index is 15.3. The molecule has 10 heteroatoms. The van der Waals surface area contributed by atoms with E-state index < -0.39 is 34.3 Å². The second-order valence-corrected chi connectivity index (χ2v) is 13.2. The average Bonchev–Trinajstić information content (AvgIpc) is 3.59. The summed E-state index contributed by atoms with van der Waals surface area (Å²) < 4.78 is 49.5. The molecule has 8 nitrogen and oxygen atoms in total. The fourth-order valence-corrected chi connectivity index (χ4v) is 7.22. The highest BCUT2D eigenvalue weighted by molar-refractivity contribution is 7.92. The molecule has 0 radical (unpaired) electrons. The molecule has 0 heterocycles. The van der Waals surface area contributed by atoms with E-state index in [0.29, 0.717) is 11.3 Å². The standard InChI is InChI=1S/C36H38FN3O5S/c1-45-30-18-12-15-28(23-30)25-39(34(24-27-13-4-2-5-14-27)36(42)38-29-16-8-9-17-29)35(41)26-40(33-22-11-10-21-32(33)37)46(43,44)31-19-6-3-7-20-31/h2-7,10-15,18-23,29,34H,8-9,16-17,24-26H2,1H3,(H,38,42)/t34-/m0/s1. The van der Waals surface area contributed by atoms with Gasteiger partial charge in [-0.25, -0.2) is 12.8 Å². The fourth-order valence-electron chi connectivity index (χ4n) is 5.78. The highest BCUT2D eigenvalue weighted by atomic mass is 32.2. The van der Waals surface area contributed by atoms with Gasteiger partial charge in [-0.05, 0) is 60.4 Å². The molecule has 1 aliphatic rings. The highest BCUT2D eigenvalue weighted by Gasteiger charge is 2.36. The van der Waals surface area contributed by atoms with Gasteiger partial charge in [-0.2, -0.15) is 0 Å². The van der Waals surface area contributed by atoms with Gasteiger partial charge in [0.25, 0.3) is 10.0 Å². The summed E-state index contributed by atoms with van der Waals surface area (Å²) in [7, 11) is -2.85. The number of sulfonamides is 1. The number of carbonyl (C=O) groups is 2. The second-order valence-electron chi connectivity index (χ2n) is 11.3. The Balaban J connectivity index is 1.58. The summed E-state index contributed by atoms with van der Waals surface area (Å²) in [4.78, 5) is 29.9. The normalized spacial score (nSPS) is 14.0. The molecule has 1 saturated carbocycles. The van der Waals surface area contributed by atoms with Crippen molar-refractivity contribution in [1.82, 2.24) is 10.2 Å². The molecule has 0 bridgehead atoms. The molecule has 1 N–H and O–H groups in total. The number of anilines is 1. The Morgan fingerprint density at radius 1 is 0.870 bits per heavy atom. The molecular weight excluding hydrogens is 605 g/mol. The molecule has 1 aliphatic carbocycles. The Morgan fingerprint density at radius 2 is 1.50 bits per heavy atom. The van der Waals surface area contributed by atoms with Gasteiger partial charge < -0.3 is 15.0 Å². The van der Waals surface area contributed by atoms with Gasteiger partial charge in [0.15, 0.2) is 0 Å². The van der Waals surface area contributed by atoms with Crippen LogP contribution in [0.2, 0.25) is 0 Å². The first kappa shape index (κ1) is 32.7. The number of carbonyl (C=O) groups excluding carboxylic acids is 2. The Kier molecular flexibility index (Phi) is 10.7. The van der Waals surface area contributed by atoms with Gasteiger partial charge in [0.1, 0.15) is 24.2 Å². The number of nitrogens with zero attached hydrogens (tertiary/aromatic N) is 2. The van der Waals surface area contributed by atoms with E-state index in [1.165, 1.54) is 42.3 Å². The van der Waals surface area contributed by atoms with E-state index in [0.717, 1.165) is 41.6 Å². The van der Waals surface area contributed by atoms with Crippen LogP contribution in [0.4, 0.5) is 10.1 Å². The van der Waals surface area contributed by atoms with Gasteiger partial charge in [0.05, 0.1) is 17.7 Å². The molecule has 5 rings (SSSR count). The molecule has 46 heavy (non-hydrogen) atoms. The fraction of sp³-hybridized carbons (Fsp3) is 0.278. The van der Waals surface area contributed by atoms with Gasteiger partial charge >= 0.3 is 0 Å². The number of nitrogens with one attached hydrogen (secondary N) is 1. The molecule has 0 saturated heterocycles. The Hall–Kier alpha value is -4.70. The third-order valence-electron chi connectivity index (χ3n) is 8.19. The van der Waals surface area contributed by atoms with Crippen LogP contribution in [0.25, 0.3) is 0 Å². The second kappa shape index (κ2) is 15.1. The third-order valence-corrected chi connectivity index (χ3v) is 9.96. The minimum Gasteiger partial charge on any atom is -0.497 e. The van der Waals surface area contributed by atoms with E-state index in [2.05, 4.69) is 5.32 Å². The quantitative estimate of drug-likeness (QED) is 0.201. The molecule has 0 aliphatic heterocycles. The molecule has 240 valence electrons. The summed E-state index contributed by atoms with van der Waals surface area (Å²) in [6.45, 7) is -0.744. The topological polar surface area (TPSA) is 96.0 Å². The minimum absolute atomic E-state index is 0.00656. The first-order chi connectivity index (χ1) is 22.3. The summed E-state index contributed by atoms with van der Waals surface area (Å²) in [6.07, 6.45) is 3.92. The molecule has 4 aromatic carbocycles. The number of para-hydroxylation sites is 1. The van der Waals surface area contributed by atoms with E-state index in [9.17, 15) is 18.0 Å². The van der Waals surface area contributed by atoms with E-state index in [1.807, 2.05) is 36.4 Å². The molecule has 0 unspecified atom stereocenters. The number of amides is 2. The van der Waals surface area contributed by atoms with Crippen LogP contribution in [-0.2, 0) is 32.6 Å². The van der Waals surface area contributed by atoms with E-state index in [-0.39, 0.29) is 35.5 Å². The summed E-state index contributed by atoms with van der Waals surface area (Å²) in [6, 6.07) is 28.5. The van der Waals surface area contributed by atoms with Crippen LogP contribution < -0.4 is 14.4 Å². The van der Waals surface area contributed by atoms with Gasteiger partial charge in [-0.15, -0.1) is 0 Å². The zero-order valence-corrected chi connectivity index (χ0v) is 26.5. The van der Waals surface area contributed by atoms with Gasteiger partial charge in [-0.1, -0.05) is 85.6 Å². The number of hydrogen-bond donors (Lipinski definition) is 1. The lowest BCUT2D eigenvalue weighted by atomic mass is 10.0. The Bertz CT molecular complexity index is 1730. The van der Waals surface area contributed by atoms with Crippen LogP contribution >= 0.6 is 0 Å². The lowest BCUT2D eigenvalue weighted by Gasteiger charge is -2.34.